The lowest BCUT2D eigenvalue weighted by Crippen LogP contribution is -2.38. The van der Waals surface area contributed by atoms with Gasteiger partial charge in [-0.25, -0.2) is 0 Å². The van der Waals surface area contributed by atoms with E-state index in [4.69, 9.17) is 0 Å². The molecule has 5 aromatic carbocycles. The Morgan fingerprint density at radius 2 is 1.30 bits per heavy atom. The lowest BCUT2D eigenvalue weighted by Gasteiger charge is -2.39. The van der Waals surface area contributed by atoms with Crippen molar-refractivity contribution in [2.75, 3.05) is 0 Å². The van der Waals surface area contributed by atoms with Crippen molar-refractivity contribution in [3.63, 3.8) is 0 Å². The van der Waals surface area contributed by atoms with Crippen molar-refractivity contribution in [1.29, 1.82) is 0 Å². The Bertz CT molecular complexity index is 2720. The van der Waals surface area contributed by atoms with Crippen LogP contribution in [0.1, 0.15) is 82.0 Å². The molecule has 1 fully saturated rings. The quantitative estimate of drug-likeness (QED) is 0.169. The molecule has 0 saturated carbocycles. The van der Waals surface area contributed by atoms with E-state index in [1.807, 2.05) is 0 Å². The molecule has 0 radical (unpaired) electrons. The first-order valence-corrected chi connectivity index (χ1v) is 21.3. The van der Waals surface area contributed by atoms with Gasteiger partial charge >= 0.3 is 0 Å². The number of nitrogens with zero attached hydrogens (tertiary/aromatic N) is 2. The molecule has 0 amide bonds. The number of benzene rings is 5. The van der Waals surface area contributed by atoms with E-state index in [-0.39, 0.29) is 6.17 Å². The average Bonchev–Trinajstić information content (AvgIpc) is 3.79. The molecule has 1 N–H and O–H groups in total. The third-order valence-electron chi connectivity index (χ3n) is 13.9. The molecule has 11 rings (SSSR count). The van der Waals surface area contributed by atoms with Crippen molar-refractivity contribution >= 4 is 49.3 Å². The summed E-state index contributed by atoms with van der Waals surface area (Å²) in [6.45, 7) is 0. The Kier molecular flexibility index (Phi) is 8.65. The number of piperidine rings is 1. The van der Waals surface area contributed by atoms with Gasteiger partial charge in [-0.1, -0.05) is 127 Å². The summed E-state index contributed by atoms with van der Waals surface area (Å²) in [4.78, 5) is 0. The van der Waals surface area contributed by atoms with E-state index in [0.29, 0.717) is 12.0 Å². The molecule has 3 aliphatic carbocycles. The average molecular weight is 730 g/mol. The molecule has 4 aliphatic rings. The van der Waals surface area contributed by atoms with E-state index in [0.717, 1.165) is 37.5 Å². The van der Waals surface area contributed by atoms with Gasteiger partial charge in [0.1, 0.15) is 0 Å². The summed E-state index contributed by atoms with van der Waals surface area (Å²) in [5.74, 6) is 2.19. The SMILES string of the molecule is C1=CCCC(C2CC(c3ccccc3)NC(n3c4ccccc4c4cc(-c5ccc6c7ccccc7n(C7=CCC(C8CC=CCC8)CC7)c6c5)ccc43)C2)=C1. The fraction of sp³-hybridized carbons (Fsp3) is 0.283. The van der Waals surface area contributed by atoms with Gasteiger partial charge in [0.15, 0.2) is 0 Å². The number of rotatable bonds is 6. The van der Waals surface area contributed by atoms with Crippen LogP contribution in [-0.2, 0) is 0 Å². The minimum Gasteiger partial charge on any atom is -0.324 e. The number of hydrogen-bond donors (Lipinski definition) is 1. The number of aromatic nitrogens is 2. The standard InChI is InChI=1S/C53H51N3/c1-4-14-36(15-5-1)38-24-28-43(29-25-38)55-49-22-12-10-20-44(49)46-30-26-41(34-52(46)55)40-27-31-51-47(32-40)45-21-11-13-23-50(45)56(51)53-35-42(37-16-6-2-7-17-37)33-48(54-53)39-18-8-3-9-19-39/h1-4,6,8-13,16,18-23,26-28,30-32,34,36,38,42,48,53-54H,5,7,14-15,17,24-25,29,33,35H2. The van der Waals surface area contributed by atoms with Gasteiger partial charge < -0.3 is 9.13 Å². The van der Waals surface area contributed by atoms with E-state index in [1.54, 1.807) is 5.57 Å². The Morgan fingerprint density at radius 3 is 2.11 bits per heavy atom. The van der Waals surface area contributed by atoms with E-state index in [1.165, 1.54) is 105 Å². The Balaban J connectivity index is 0.996. The van der Waals surface area contributed by atoms with Crippen molar-refractivity contribution in [1.82, 2.24) is 14.5 Å². The van der Waals surface area contributed by atoms with Gasteiger partial charge in [-0.15, -0.1) is 0 Å². The van der Waals surface area contributed by atoms with Crippen LogP contribution >= 0.6 is 0 Å². The molecule has 3 heterocycles. The number of fused-ring (bicyclic) bond motifs is 6. The number of nitrogens with one attached hydrogen (secondary N) is 1. The second-order valence-corrected chi connectivity index (χ2v) is 17.0. The van der Waals surface area contributed by atoms with Gasteiger partial charge in [0.05, 0.1) is 28.2 Å². The minimum atomic E-state index is 0.184. The molecular formula is C53H51N3. The maximum absolute atomic E-state index is 4.17. The van der Waals surface area contributed by atoms with Gasteiger partial charge in [0.25, 0.3) is 0 Å². The Labute approximate surface area is 330 Å². The number of hydrogen-bond acceptors (Lipinski definition) is 1. The summed E-state index contributed by atoms with van der Waals surface area (Å²) in [6.07, 6.45) is 26.6. The van der Waals surface area contributed by atoms with Gasteiger partial charge in [0.2, 0.25) is 0 Å². The maximum Gasteiger partial charge on any atom is 0.0856 e. The lowest BCUT2D eigenvalue weighted by molar-refractivity contribution is 0.221. The molecule has 5 atom stereocenters. The molecule has 1 aliphatic heterocycles. The van der Waals surface area contributed by atoms with E-state index < -0.39 is 0 Å². The fourth-order valence-corrected chi connectivity index (χ4v) is 11.1. The molecule has 56 heavy (non-hydrogen) atoms. The monoisotopic (exact) mass is 729 g/mol. The van der Waals surface area contributed by atoms with Crippen LogP contribution in [0, 0.1) is 17.8 Å². The summed E-state index contributed by atoms with van der Waals surface area (Å²) in [5, 5.41) is 9.52. The third kappa shape index (κ3) is 5.91. The highest BCUT2D eigenvalue weighted by Crippen LogP contribution is 2.45. The molecule has 3 nitrogen and oxygen atoms in total. The van der Waals surface area contributed by atoms with Crippen LogP contribution in [0.15, 0.2) is 157 Å². The van der Waals surface area contributed by atoms with Crippen LogP contribution in [0.2, 0.25) is 0 Å². The first-order valence-electron chi connectivity index (χ1n) is 21.3. The highest BCUT2D eigenvalue weighted by atomic mass is 15.2. The predicted molar refractivity (Wildman–Crippen MR) is 237 cm³/mol. The molecule has 1 saturated heterocycles. The minimum absolute atomic E-state index is 0.184. The zero-order chi connectivity index (χ0) is 37.0. The smallest absolute Gasteiger partial charge is 0.0856 e. The second kappa shape index (κ2) is 14.3. The Hall–Kier alpha value is -5.38. The van der Waals surface area contributed by atoms with Crippen molar-refractivity contribution < 1.29 is 0 Å². The molecule has 0 spiro atoms. The summed E-state index contributed by atoms with van der Waals surface area (Å²) in [6, 6.07) is 44.0. The summed E-state index contributed by atoms with van der Waals surface area (Å²) < 4.78 is 5.23. The van der Waals surface area contributed by atoms with Crippen molar-refractivity contribution in [2.45, 2.75) is 76.4 Å². The van der Waals surface area contributed by atoms with Gasteiger partial charge in [-0.3, -0.25) is 5.32 Å². The van der Waals surface area contributed by atoms with E-state index >= 15 is 0 Å². The molecule has 7 aromatic rings. The van der Waals surface area contributed by atoms with Crippen LogP contribution < -0.4 is 5.32 Å². The molecule has 5 unspecified atom stereocenters. The third-order valence-corrected chi connectivity index (χ3v) is 13.9. The lowest BCUT2D eigenvalue weighted by atomic mass is 9.76. The van der Waals surface area contributed by atoms with Crippen LogP contribution in [0.4, 0.5) is 0 Å². The number of para-hydroxylation sites is 2. The highest BCUT2D eigenvalue weighted by molar-refractivity contribution is 6.12. The van der Waals surface area contributed by atoms with Crippen LogP contribution in [0.3, 0.4) is 0 Å². The zero-order valence-electron chi connectivity index (χ0n) is 32.3. The van der Waals surface area contributed by atoms with Crippen molar-refractivity contribution in [2.24, 2.45) is 17.8 Å². The van der Waals surface area contributed by atoms with E-state index in [2.05, 4.69) is 166 Å². The summed E-state index contributed by atoms with van der Waals surface area (Å²) in [7, 11) is 0. The van der Waals surface area contributed by atoms with E-state index in [9.17, 15) is 0 Å². The maximum atomic E-state index is 4.17. The highest BCUT2D eigenvalue weighted by Gasteiger charge is 2.33. The topological polar surface area (TPSA) is 21.9 Å². The summed E-state index contributed by atoms with van der Waals surface area (Å²) >= 11 is 0. The van der Waals surface area contributed by atoms with Gasteiger partial charge in [0, 0.05) is 33.3 Å². The fourth-order valence-electron chi connectivity index (χ4n) is 11.1. The molecule has 2 aromatic heterocycles. The van der Waals surface area contributed by atoms with Gasteiger partial charge in [-0.05, 0) is 129 Å². The predicted octanol–water partition coefficient (Wildman–Crippen LogP) is 14.1. The molecule has 278 valence electrons. The molecular weight excluding hydrogens is 679 g/mol. The normalized spacial score (nSPS) is 24.2. The van der Waals surface area contributed by atoms with Crippen LogP contribution in [-0.4, -0.2) is 9.13 Å². The number of allylic oxidation sites excluding steroid dienone is 8. The van der Waals surface area contributed by atoms with Crippen molar-refractivity contribution in [3.05, 3.63) is 163 Å². The van der Waals surface area contributed by atoms with Gasteiger partial charge in [-0.2, -0.15) is 0 Å². The first kappa shape index (κ1) is 33.9. The molecule has 3 heteroatoms. The zero-order valence-corrected chi connectivity index (χ0v) is 32.3. The van der Waals surface area contributed by atoms with Crippen LogP contribution in [0.5, 0.6) is 0 Å². The largest absolute Gasteiger partial charge is 0.324 e. The second-order valence-electron chi connectivity index (χ2n) is 17.0. The Morgan fingerprint density at radius 1 is 0.554 bits per heavy atom. The summed E-state index contributed by atoms with van der Waals surface area (Å²) in [5.41, 5.74) is 12.3. The first-order chi connectivity index (χ1) is 27.8. The van der Waals surface area contributed by atoms with Crippen molar-refractivity contribution in [3.8, 4) is 11.1 Å². The van der Waals surface area contributed by atoms with Crippen LogP contribution in [0.25, 0.3) is 60.4 Å². The molecule has 0 bridgehead atoms.